The molecule has 2 N–H and O–H groups in total. The van der Waals surface area contributed by atoms with Crippen molar-refractivity contribution in [1.82, 2.24) is 5.32 Å². The second-order valence-electron chi connectivity index (χ2n) is 5.49. The number of benzene rings is 1. The molecule has 1 aliphatic rings. The van der Waals surface area contributed by atoms with E-state index in [0.717, 1.165) is 30.7 Å². The number of aliphatic hydroxyl groups is 1. The lowest BCUT2D eigenvalue weighted by atomic mass is 9.99. The summed E-state index contributed by atoms with van der Waals surface area (Å²) in [6.07, 6.45) is 2.72. The van der Waals surface area contributed by atoms with Gasteiger partial charge in [-0.2, -0.15) is 0 Å². The van der Waals surface area contributed by atoms with Gasteiger partial charge in [0.1, 0.15) is 12.4 Å². The Morgan fingerprint density at radius 2 is 1.95 bits per heavy atom. The summed E-state index contributed by atoms with van der Waals surface area (Å²) >= 11 is 0. The van der Waals surface area contributed by atoms with Crippen LogP contribution in [0.4, 0.5) is 0 Å². The third kappa shape index (κ3) is 4.47. The molecule has 2 atom stereocenters. The van der Waals surface area contributed by atoms with Gasteiger partial charge < -0.3 is 19.9 Å². The Labute approximate surface area is 121 Å². The zero-order valence-corrected chi connectivity index (χ0v) is 12.3. The number of ether oxygens (including phenoxy) is 2. The maximum atomic E-state index is 8.86. The van der Waals surface area contributed by atoms with Gasteiger partial charge in [0.05, 0.1) is 18.8 Å². The molecule has 2 unspecified atom stereocenters. The lowest BCUT2D eigenvalue weighted by molar-refractivity contribution is -0.0423. The van der Waals surface area contributed by atoms with Crippen molar-refractivity contribution >= 4 is 0 Å². The van der Waals surface area contributed by atoms with Crippen molar-refractivity contribution in [1.29, 1.82) is 0 Å². The van der Waals surface area contributed by atoms with Crippen molar-refractivity contribution in [2.75, 3.05) is 13.2 Å². The van der Waals surface area contributed by atoms with Crippen LogP contribution in [0, 0.1) is 0 Å². The second kappa shape index (κ2) is 7.62. The summed E-state index contributed by atoms with van der Waals surface area (Å²) in [4.78, 5) is 0. The largest absolute Gasteiger partial charge is 0.491 e. The number of hydrogen-bond donors (Lipinski definition) is 2. The monoisotopic (exact) mass is 279 g/mol. The SMILES string of the molecule is CC1CC(NCc2ccccc2OCCO)CC(C)O1. The van der Waals surface area contributed by atoms with Crippen LogP contribution in [-0.2, 0) is 11.3 Å². The Morgan fingerprint density at radius 1 is 1.25 bits per heavy atom. The van der Waals surface area contributed by atoms with Gasteiger partial charge >= 0.3 is 0 Å². The van der Waals surface area contributed by atoms with E-state index in [1.807, 2.05) is 18.2 Å². The molecule has 4 nitrogen and oxygen atoms in total. The van der Waals surface area contributed by atoms with E-state index in [2.05, 4.69) is 25.2 Å². The molecule has 0 saturated carbocycles. The van der Waals surface area contributed by atoms with Crippen molar-refractivity contribution in [3.63, 3.8) is 0 Å². The molecule has 0 aliphatic carbocycles. The third-order valence-corrected chi connectivity index (χ3v) is 3.60. The van der Waals surface area contributed by atoms with Gasteiger partial charge in [-0.3, -0.25) is 0 Å². The average molecular weight is 279 g/mol. The topological polar surface area (TPSA) is 50.7 Å². The smallest absolute Gasteiger partial charge is 0.123 e. The number of nitrogens with one attached hydrogen (secondary N) is 1. The normalized spacial score (nSPS) is 26.4. The molecular formula is C16H25NO3. The molecule has 1 aliphatic heterocycles. The van der Waals surface area contributed by atoms with E-state index >= 15 is 0 Å². The van der Waals surface area contributed by atoms with Crippen LogP contribution in [0.5, 0.6) is 5.75 Å². The minimum absolute atomic E-state index is 0.0384. The first-order valence-corrected chi connectivity index (χ1v) is 7.39. The quantitative estimate of drug-likeness (QED) is 0.837. The highest BCUT2D eigenvalue weighted by molar-refractivity contribution is 5.33. The molecule has 1 aromatic carbocycles. The standard InChI is InChI=1S/C16H25NO3/c1-12-9-15(10-13(2)20-12)17-11-14-5-3-4-6-16(14)19-8-7-18/h3-6,12-13,15,17-18H,7-11H2,1-2H3. The van der Waals surface area contributed by atoms with Crippen LogP contribution in [-0.4, -0.2) is 36.6 Å². The Hall–Kier alpha value is -1.10. The molecule has 1 saturated heterocycles. The van der Waals surface area contributed by atoms with Crippen molar-refractivity contribution in [2.24, 2.45) is 0 Å². The van der Waals surface area contributed by atoms with E-state index in [9.17, 15) is 0 Å². The van der Waals surface area contributed by atoms with Gasteiger partial charge in [0.15, 0.2) is 0 Å². The molecule has 1 heterocycles. The van der Waals surface area contributed by atoms with E-state index in [1.165, 1.54) is 0 Å². The summed E-state index contributed by atoms with van der Waals surface area (Å²) in [7, 11) is 0. The van der Waals surface area contributed by atoms with E-state index in [4.69, 9.17) is 14.6 Å². The van der Waals surface area contributed by atoms with Crippen LogP contribution < -0.4 is 10.1 Å². The van der Waals surface area contributed by atoms with Crippen LogP contribution in [0.3, 0.4) is 0 Å². The van der Waals surface area contributed by atoms with Crippen LogP contribution in [0.15, 0.2) is 24.3 Å². The van der Waals surface area contributed by atoms with Gasteiger partial charge in [-0.15, -0.1) is 0 Å². The molecule has 0 spiro atoms. The molecule has 1 fully saturated rings. The van der Waals surface area contributed by atoms with Gasteiger partial charge in [0.25, 0.3) is 0 Å². The summed E-state index contributed by atoms with van der Waals surface area (Å²) in [5.74, 6) is 0.849. The van der Waals surface area contributed by atoms with Gasteiger partial charge in [-0.1, -0.05) is 18.2 Å². The maximum Gasteiger partial charge on any atom is 0.123 e. The Morgan fingerprint density at radius 3 is 2.65 bits per heavy atom. The van der Waals surface area contributed by atoms with Gasteiger partial charge in [-0.05, 0) is 32.8 Å². The molecule has 2 rings (SSSR count). The van der Waals surface area contributed by atoms with E-state index in [0.29, 0.717) is 24.9 Å². The maximum absolute atomic E-state index is 8.86. The molecule has 1 aromatic rings. The summed E-state index contributed by atoms with van der Waals surface area (Å²) in [6, 6.07) is 8.46. The predicted molar refractivity (Wildman–Crippen MR) is 78.9 cm³/mol. The minimum Gasteiger partial charge on any atom is -0.491 e. The zero-order chi connectivity index (χ0) is 14.4. The number of para-hydroxylation sites is 1. The molecule has 4 heteroatoms. The number of rotatable bonds is 6. The van der Waals surface area contributed by atoms with Gasteiger partial charge in [-0.25, -0.2) is 0 Å². The fraction of sp³-hybridized carbons (Fsp3) is 0.625. The number of aliphatic hydroxyl groups excluding tert-OH is 1. The Balaban J connectivity index is 1.90. The van der Waals surface area contributed by atoms with Crippen molar-refractivity contribution in [3.05, 3.63) is 29.8 Å². The second-order valence-corrected chi connectivity index (χ2v) is 5.49. The lowest BCUT2D eigenvalue weighted by Gasteiger charge is -2.32. The first-order valence-electron chi connectivity index (χ1n) is 7.39. The molecule has 0 radical (unpaired) electrons. The number of hydrogen-bond acceptors (Lipinski definition) is 4. The first kappa shape index (κ1) is 15.3. The predicted octanol–water partition coefficient (Wildman–Crippen LogP) is 2.10. The van der Waals surface area contributed by atoms with Crippen LogP contribution in [0.1, 0.15) is 32.3 Å². The van der Waals surface area contributed by atoms with E-state index in [-0.39, 0.29) is 6.61 Å². The highest BCUT2D eigenvalue weighted by atomic mass is 16.5. The molecule has 20 heavy (non-hydrogen) atoms. The molecular weight excluding hydrogens is 254 g/mol. The van der Waals surface area contributed by atoms with Crippen molar-refractivity contribution in [3.8, 4) is 5.75 Å². The fourth-order valence-corrected chi connectivity index (χ4v) is 2.77. The molecule has 0 amide bonds. The van der Waals surface area contributed by atoms with Crippen molar-refractivity contribution in [2.45, 2.75) is 51.5 Å². The summed E-state index contributed by atoms with van der Waals surface area (Å²) in [5, 5.41) is 12.4. The average Bonchev–Trinajstić information content (AvgIpc) is 2.43. The third-order valence-electron chi connectivity index (χ3n) is 3.60. The lowest BCUT2D eigenvalue weighted by Crippen LogP contribution is -2.41. The summed E-state index contributed by atoms with van der Waals surface area (Å²) in [6.45, 7) is 5.41. The minimum atomic E-state index is 0.0384. The molecule has 0 bridgehead atoms. The van der Waals surface area contributed by atoms with Crippen molar-refractivity contribution < 1.29 is 14.6 Å². The molecule has 112 valence electrons. The molecule has 0 aromatic heterocycles. The highest BCUT2D eigenvalue weighted by Gasteiger charge is 2.23. The van der Waals surface area contributed by atoms with Gasteiger partial charge in [0, 0.05) is 18.2 Å². The Bertz CT molecular complexity index is 400. The Kier molecular flexibility index (Phi) is 5.83. The highest BCUT2D eigenvalue weighted by Crippen LogP contribution is 2.21. The van der Waals surface area contributed by atoms with Crippen LogP contribution in [0.2, 0.25) is 0 Å². The van der Waals surface area contributed by atoms with Gasteiger partial charge in [0.2, 0.25) is 0 Å². The zero-order valence-electron chi connectivity index (χ0n) is 12.3. The van der Waals surface area contributed by atoms with Crippen LogP contribution >= 0.6 is 0 Å². The summed E-state index contributed by atoms with van der Waals surface area (Å²) < 4.78 is 11.3. The first-order chi connectivity index (χ1) is 9.69. The summed E-state index contributed by atoms with van der Waals surface area (Å²) in [5.41, 5.74) is 1.13. The van der Waals surface area contributed by atoms with Crippen LogP contribution in [0.25, 0.3) is 0 Å². The fourth-order valence-electron chi connectivity index (χ4n) is 2.77. The van der Waals surface area contributed by atoms with E-state index in [1.54, 1.807) is 0 Å². The van der Waals surface area contributed by atoms with E-state index < -0.39 is 0 Å².